The lowest BCUT2D eigenvalue weighted by Crippen LogP contribution is -2.21. The lowest BCUT2D eigenvalue weighted by molar-refractivity contribution is -0.121. The summed E-state index contributed by atoms with van der Waals surface area (Å²) >= 11 is 1.48. The average molecular weight is 543 g/mol. The number of amides is 2. The molecule has 200 valence electrons. The van der Waals surface area contributed by atoms with E-state index in [0.717, 1.165) is 21.5 Å². The molecule has 0 aliphatic rings. The number of carbonyl (C=O) groups excluding carboxylic acids is 2. The molecule has 39 heavy (non-hydrogen) atoms. The summed E-state index contributed by atoms with van der Waals surface area (Å²) in [6, 6.07) is 22.4. The summed E-state index contributed by atoms with van der Waals surface area (Å²) in [5.74, 6) is 0.825. The molecule has 9 heteroatoms. The van der Waals surface area contributed by atoms with Crippen LogP contribution in [0.2, 0.25) is 0 Å². The zero-order chi connectivity index (χ0) is 27.8. The SMILES string of the molecule is C/C(=N/NC(=O)CCSCCC(=O)N/N=C(\C)c1ccc2ccccc2c1O)c1ccc2ccccc2c1O. The Balaban J connectivity index is 1.18. The minimum atomic E-state index is -0.248. The van der Waals surface area contributed by atoms with Gasteiger partial charge in [0.15, 0.2) is 0 Å². The van der Waals surface area contributed by atoms with E-state index in [1.807, 2.05) is 60.7 Å². The number of phenols is 2. The average Bonchev–Trinajstić information content (AvgIpc) is 2.95. The summed E-state index contributed by atoms with van der Waals surface area (Å²) in [6.07, 6.45) is 0.483. The van der Waals surface area contributed by atoms with Crippen molar-refractivity contribution in [3.05, 3.63) is 83.9 Å². The van der Waals surface area contributed by atoms with Crippen LogP contribution < -0.4 is 10.9 Å². The predicted molar refractivity (Wildman–Crippen MR) is 158 cm³/mol. The molecular formula is C30H30N4O4S. The lowest BCUT2D eigenvalue weighted by atomic mass is 10.0. The molecule has 0 aromatic heterocycles. The van der Waals surface area contributed by atoms with Gasteiger partial charge >= 0.3 is 0 Å². The van der Waals surface area contributed by atoms with E-state index in [1.54, 1.807) is 26.0 Å². The summed E-state index contributed by atoms with van der Waals surface area (Å²) in [5, 5.41) is 32.7. The van der Waals surface area contributed by atoms with Gasteiger partial charge in [0, 0.05) is 46.2 Å². The first-order valence-corrected chi connectivity index (χ1v) is 13.7. The van der Waals surface area contributed by atoms with Gasteiger partial charge in [-0.3, -0.25) is 9.59 Å². The highest BCUT2D eigenvalue weighted by molar-refractivity contribution is 7.99. The third-order valence-electron chi connectivity index (χ3n) is 6.22. The van der Waals surface area contributed by atoms with E-state index in [1.165, 1.54) is 11.8 Å². The molecule has 0 heterocycles. The number of thioether (sulfide) groups is 1. The van der Waals surface area contributed by atoms with Gasteiger partial charge in [0.05, 0.1) is 11.4 Å². The molecule has 0 unspecified atom stereocenters. The molecule has 4 aromatic rings. The molecule has 0 saturated heterocycles. The third kappa shape index (κ3) is 6.94. The number of benzene rings is 4. The first kappa shape index (κ1) is 27.7. The van der Waals surface area contributed by atoms with Crippen LogP contribution in [0.4, 0.5) is 0 Å². The fourth-order valence-corrected chi connectivity index (χ4v) is 4.91. The highest BCUT2D eigenvalue weighted by Gasteiger charge is 2.11. The molecule has 0 aliphatic heterocycles. The minimum Gasteiger partial charge on any atom is -0.507 e. The number of carbonyl (C=O) groups is 2. The quantitative estimate of drug-likeness (QED) is 0.123. The number of fused-ring (bicyclic) bond motifs is 2. The fourth-order valence-electron chi connectivity index (χ4n) is 4.05. The molecule has 0 spiro atoms. The maximum absolute atomic E-state index is 12.2. The van der Waals surface area contributed by atoms with E-state index < -0.39 is 0 Å². The normalized spacial score (nSPS) is 12.1. The van der Waals surface area contributed by atoms with Gasteiger partial charge in [-0.2, -0.15) is 22.0 Å². The van der Waals surface area contributed by atoms with E-state index in [-0.39, 0.29) is 36.2 Å². The Labute approximate surface area is 230 Å². The molecule has 4 rings (SSSR count). The van der Waals surface area contributed by atoms with Crippen molar-refractivity contribution in [2.45, 2.75) is 26.7 Å². The number of hydrazone groups is 2. The van der Waals surface area contributed by atoms with Crippen molar-refractivity contribution in [1.29, 1.82) is 0 Å². The fraction of sp³-hybridized carbons (Fsp3) is 0.200. The molecule has 0 radical (unpaired) electrons. The standard InChI is InChI=1S/C30H30N4O4S/c1-19(23-13-11-21-7-3-5-9-25(21)29(23)37)31-33-27(35)15-17-39-18-16-28(36)34-32-20(2)24-14-12-22-8-4-6-10-26(22)30(24)38/h3-14,37-38H,15-18H2,1-2H3,(H,33,35)(H,34,36)/b31-19-,32-20+. The zero-order valence-electron chi connectivity index (χ0n) is 21.8. The molecule has 0 bridgehead atoms. The maximum Gasteiger partial charge on any atom is 0.240 e. The molecule has 4 aromatic carbocycles. The predicted octanol–water partition coefficient (Wildman–Crippen LogP) is 5.30. The van der Waals surface area contributed by atoms with Crippen LogP contribution in [0.1, 0.15) is 37.8 Å². The first-order chi connectivity index (χ1) is 18.8. The smallest absolute Gasteiger partial charge is 0.240 e. The number of phenolic OH excluding ortho intramolecular Hbond substituents is 2. The zero-order valence-corrected chi connectivity index (χ0v) is 22.6. The highest BCUT2D eigenvalue weighted by atomic mass is 32.2. The molecule has 4 N–H and O–H groups in total. The molecule has 2 amide bonds. The van der Waals surface area contributed by atoms with Gasteiger partial charge < -0.3 is 10.2 Å². The molecule has 0 aliphatic carbocycles. The van der Waals surface area contributed by atoms with Crippen LogP contribution in [0.5, 0.6) is 11.5 Å². The number of rotatable bonds is 10. The Morgan fingerprint density at radius 3 is 1.51 bits per heavy atom. The van der Waals surface area contributed by atoms with E-state index in [4.69, 9.17) is 0 Å². The summed E-state index contributed by atoms with van der Waals surface area (Å²) < 4.78 is 0. The van der Waals surface area contributed by atoms with Gasteiger partial charge in [-0.15, -0.1) is 0 Å². The number of nitrogens with zero attached hydrogens (tertiary/aromatic N) is 2. The number of hydrogen-bond acceptors (Lipinski definition) is 7. The summed E-state index contributed by atoms with van der Waals surface area (Å²) in [5.41, 5.74) is 7.18. The van der Waals surface area contributed by atoms with Gasteiger partial charge in [0.2, 0.25) is 11.8 Å². The van der Waals surface area contributed by atoms with Crippen molar-refractivity contribution < 1.29 is 19.8 Å². The second-order valence-electron chi connectivity index (χ2n) is 8.94. The van der Waals surface area contributed by atoms with Crippen LogP contribution in [0.15, 0.2) is 83.0 Å². The van der Waals surface area contributed by atoms with Crippen molar-refractivity contribution in [3.63, 3.8) is 0 Å². The maximum atomic E-state index is 12.2. The van der Waals surface area contributed by atoms with Gasteiger partial charge in [0.25, 0.3) is 0 Å². The number of aromatic hydroxyl groups is 2. The van der Waals surface area contributed by atoms with Crippen LogP contribution in [0, 0.1) is 0 Å². The molecule has 0 atom stereocenters. The van der Waals surface area contributed by atoms with E-state index in [9.17, 15) is 19.8 Å². The van der Waals surface area contributed by atoms with Gasteiger partial charge in [-0.1, -0.05) is 60.7 Å². The van der Waals surface area contributed by atoms with Crippen LogP contribution in [0.25, 0.3) is 21.5 Å². The summed E-state index contributed by atoms with van der Waals surface area (Å²) in [4.78, 5) is 24.4. The molecule has 0 fully saturated rings. The molecule has 0 saturated carbocycles. The van der Waals surface area contributed by atoms with Crippen molar-refractivity contribution in [2.24, 2.45) is 10.2 Å². The van der Waals surface area contributed by atoms with Crippen molar-refractivity contribution >= 4 is 56.5 Å². The van der Waals surface area contributed by atoms with Gasteiger partial charge in [0.1, 0.15) is 11.5 Å². The Hall–Kier alpha value is -4.37. The Bertz CT molecular complexity index is 1470. The first-order valence-electron chi connectivity index (χ1n) is 12.5. The van der Waals surface area contributed by atoms with Crippen LogP contribution in [-0.2, 0) is 9.59 Å². The van der Waals surface area contributed by atoms with Crippen LogP contribution in [-0.4, -0.2) is 45.0 Å². The van der Waals surface area contributed by atoms with Crippen molar-refractivity contribution in [3.8, 4) is 11.5 Å². The van der Waals surface area contributed by atoms with Crippen molar-refractivity contribution in [1.82, 2.24) is 10.9 Å². The minimum absolute atomic E-state index is 0.131. The molecule has 8 nitrogen and oxygen atoms in total. The Morgan fingerprint density at radius 2 is 1.08 bits per heavy atom. The van der Waals surface area contributed by atoms with Crippen LogP contribution in [0.3, 0.4) is 0 Å². The molecular weight excluding hydrogens is 512 g/mol. The topological polar surface area (TPSA) is 123 Å². The third-order valence-corrected chi connectivity index (χ3v) is 7.21. The lowest BCUT2D eigenvalue weighted by Gasteiger charge is -2.08. The van der Waals surface area contributed by atoms with Gasteiger partial charge in [-0.25, -0.2) is 10.9 Å². The van der Waals surface area contributed by atoms with E-state index >= 15 is 0 Å². The van der Waals surface area contributed by atoms with Crippen molar-refractivity contribution in [2.75, 3.05) is 11.5 Å². The Morgan fingerprint density at radius 1 is 0.667 bits per heavy atom. The largest absolute Gasteiger partial charge is 0.507 e. The summed E-state index contributed by atoms with van der Waals surface area (Å²) in [6.45, 7) is 3.45. The monoisotopic (exact) mass is 542 g/mol. The van der Waals surface area contributed by atoms with Gasteiger partial charge in [-0.05, 0) is 36.8 Å². The highest BCUT2D eigenvalue weighted by Crippen LogP contribution is 2.30. The van der Waals surface area contributed by atoms with Crippen LogP contribution >= 0.6 is 11.8 Å². The van der Waals surface area contributed by atoms with E-state index in [2.05, 4.69) is 21.1 Å². The summed E-state index contributed by atoms with van der Waals surface area (Å²) in [7, 11) is 0. The number of nitrogens with one attached hydrogen (secondary N) is 2. The van der Waals surface area contributed by atoms with E-state index in [0.29, 0.717) is 34.1 Å². The number of hydrogen-bond donors (Lipinski definition) is 4. The second-order valence-corrected chi connectivity index (χ2v) is 10.2. The Kier molecular flexibility index (Phi) is 9.17. The second kappa shape index (κ2) is 12.9.